The number of hydrogen-bond donors (Lipinski definition) is 1. The number of nitrogens with zero attached hydrogens (tertiary/aromatic N) is 3. The molecule has 0 atom stereocenters. The number of anilines is 1. The van der Waals surface area contributed by atoms with Crippen LogP contribution in [0.4, 0.5) is 10.1 Å². The highest BCUT2D eigenvalue weighted by Crippen LogP contribution is 2.27. The van der Waals surface area contributed by atoms with Crippen LogP contribution < -0.4 is 10.1 Å². The first kappa shape index (κ1) is 18.9. The van der Waals surface area contributed by atoms with E-state index in [-0.39, 0.29) is 17.5 Å². The number of nitrogens with one attached hydrogen (secondary N) is 1. The van der Waals surface area contributed by atoms with E-state index >= 15 is 0 Å². The molecule has 0 bridgehead atoms. The van der Waals surface area contributed by atoms with Gasteiger partial charge in [0.25, 0.3) is 0 Å². The smallest absolute Gasteiger partial charge is 0.234 e. The van der Waals surface area contributed by atoms with Crippen molar-refractivity contribution in [1.29, 1.82) is 0 Å². The summed E-state index contributed by atoms with van der Waals surface area (Å²) in [6, 6.07) is 15.3. The molecule has 6 nitrogen and oxygen atoms in total. The third-order valence-electron chi connectivity index (χ3n) is 4.22. The Hall–Kier alpha value is -3.39. The summed E-state index contributed by atoms with van der Waals surface area (Å²) in [6.45, 7) is 0. The molecule has 4 aromatic rings. The highest BCUT2D eigenvalue weighted by Gasteiger charge is 2.12. The molecule has 146 valence electrons. The van der Waals surface area contributed by atoms with Crippen molar-refractivity contribution in [3.63, 3.8) is 0 Å². The van der Waals surface area contributed by atoms with E-state index in [1.165, 1.54) is 23.9 Å². The fraction of sp³-hybridized carbons (Fsp3) is 0.0952. The van der Waals surface area contributed by atoms with Gasteiger partial charge in [-0.05, 0) is 42.5 Å². The standard InChI is InChI=1S/C21H17FN4O2S/c1-28-19-5-3-2-4-16(19)24-20(27)13-29-21-18-12-17(25-26(18)11-10-23-21)14-6-8-15(22)9-7-14/h2-12H,13H2,1H3,(H,24,27). The van der Waals surface area contributed by atoms with Crippen molar-refractivity contribution in [2.24, 2.45) is 0 Å². The van der Waals surface area contributed by atoms with Crippen LogP contribution in [0.3, 0.4) is 0 Å². The topological polar surface area (TPSA) is 68.5 Å². The predicted octanol–water partition coefficient (Wildman–Crippen LogP) is 4.27. The highest BCUT2D eigenvalue weighted by molar-refractivity contribution is 8.00. The summed E-state index contributed by atoms with van der Waals surface area (Å²) in [5.74, 6) is 0.325. The number of methoxy groups -OCH3 is 1. The number of ether oxygens (including phenoxy) is 1. The van der Waals surface area contributed by atoms with Crippen molar-refractivity contribution in [1.82, 2.24) is 14.6 Å². The van der Waals surface area contributed by atoms with Crippen molar-refractivity contribution in [2.45, 2.75) is 5.03 Å². The number of carbonyl (C=O) groups excluding carboxylic acids is 1. The van der Waals surface area contributed by atoms with E-state index in [0.717, 1.165) is 11.1 Å². The molecule has 1 amide bonds. The summed E-state index contributed by atoms with van der Waals surface area (Å²) in [4.78, 5) is 16.8. The van der Waals surface area contributed by atoms with Gasteiger partial charge in [-0.1, -0.05) is 23.9 Å². The summed E-state index contributed by atoms with van der Waals surface area (Å²) >= 11 is 1.32. The molecule has 0 aliphatic carbocycles. The molecule has 0 radical (unpaired) electrons. The Morgan fingerprint density at radius 2 is 2.00 bits per heavy atom. The first-order valence-electron chi connectivity index (χ1n) is 8.80. The van der Waals surface area contributed by atoms with E-state index in [1.807, 2.05) is 18.2 Å². The normalized spacial score (nSPS) is 10.8. The second-order valence-corrected chi connectivity index (χ2v) is 7.10. The first-order valence-corrected chi connectivity index (χ1v) is 9.78. The number of fused-ring (bicyclic) bond motifs is 1. The second kappa shape index (κ2) is 8.32. The van der Waals surface area contributed by atoms with E-state index in [1.54, 1.807) is 48.3 Å². The minimum Gasteiger partial charge on any atom is -0.495 e. The van der Waals surface area contributed by atoms with E-state index in [0.29, 0.717) is 22.2 Å². The number of aromatic nitrogens is 3. The van der Waals surface area contributed by atoms with Crippen LogP contribution in [0.1, 0.15) is 0 Å². The molecular formula is C21H17FN4O2S. The van der Waals surface area contributed by atoms with Gasteiger partial charge in [-0.3, -0.25) is 4.79 Å². The molecule has 0 aliphatic heterocycles. The lowest BCUT2D eigenvalue weighted by molar-refractivity contribution is -0.113. The Morgan fingerprint density at radius 3 is 2.79 bits per heavy atom. The van der Waals surface area contributed by atoms with Gasteiger partial charge in [0, 0.05) is 18.0 Å². The van der Waals surface area contributed by atoms with E-state index in [9.17, 15) is 9.18 Å². The second-order valence-electron chi connectivity index (χ2n) is 6.14. The van der Waals surface area contributed by atoms with Gasteiger partial charge in [-0.25, -0.2) is 13.9 Å². The van der Waals surface area contributed by atoms with Crippen molar-refractivity contribution >= 4 is 28.9 Å². The molecular weight excluding hydrogens is 391 g/mol. The molecule has 0 unspecified atom stereocenters. The predicted molar refractivity (Wildman–Crippen MR) is 111 cm³/mol. The maximum atomic E-state index is 13.2. The SMILES string of the molecule is COc1ccccc1NC(=O)CSc1nccn2nc(-c3ccc(F)cc3)cc12. The number of carbonyl (C=O) groups is 1. The summed E-state index contributed by atoms with van der Waals surface area (Å²) in [6.07, 6.45) is 3.37. The molecule has 2 heterocycles. The van der Waals surface area contributed by atoms with Gasteiger partial charge >= 0.3 is 0 Å². The Kier molecular flexibility index (Phi) is 5.44. The first-order chi connectivity index (χ1) is 14.1. The van der Waals surface area contributed by atoms with Crippen molar-refractivity contribution < 1.29 is 13.9 Å². The van der Waals surface area contributed by atoms with E-state index in [4.69, 9.17) is 4.74 Å². The van der Waals surface area contributed by atoms with Crippen molar-refractivity contribution in [2.75, 3.05) is 18.2 Å². The van der Waals surface area contributed by atoms with Gasteiger partial charge in [-0.2, -0.15) is 5.10 Å². The van der Waals surface area contributed by atoms with Gasteiger partial charge in [-0.15, -0.1) is 0 Å². The average Bonchev–Trinajstić information content (AvgIpc) is 3.18. The fourth-order valence-corrected chi connectivity index (χ4v) is 3.61. The van der Waals surface area contributed by atoms with Crippen LogP contribution in [0.25, 0.3) is 16.8 Å². The molecule has 0 spiro atoms. The zero-order valence-corrected chi connectivity index (χ0v) is 16.3. The fourth-order valence-electron chi connectivity index (χ4n) is 2.84. The number of benzene rings is 2. The van der Waals surface area contributed by atoms with Crippen molar-refractivity contribution in [3.8, 4) is 17.0 Å². The number of rotatable bonds is 6. The zero-order valence-electron chi connectivity index (χ0n) is 15.5. The Morgan fingerprint density at radius 1 is 1.21 bits per heavy atom. The van der Waals surface area contributed by atoms with Gasteiger partial charge in [0.05, 0.1) is 29.8 Å². The van der Waals surface area contributed by atoms with Crippen LogP contribution in [0, 0.1) is 5.82 Å². The lowest BCUT2D eigenvalue weighted by Crippen LogP contribution is -2.14. The molecule has 0 fully saturated rings. The molecule has 2 aromatic heterocycles. The lowest BCUT2D eigenvalue weighted by atomic mass is 10.1. The largest absolute Gasteiger partial charge is 0.495 e. The zero-order chi connectivity index (χ0) is 20.2. The van der Waals surface area contributed by atoms with Crippen molar-refractivity contribution in [3.05, 3.63) is 72.8 Å². The summed E-state index contributed by atoms with van der Waals surface area (Å²) in [7, 11) is 1.56. The Labute approximate surface area is 170 Å². The number of amides is 1. The van der Waals surface area contributed by atoms with Crippen LogP contribution in [0.15, 0.2) is 72.0 Å². The summed E-state index contributed by atoms with van der Waals surface area (Å²) < 4.78 is 20.1. The number of hydrogen-bond acceptors (Lipinski definition) is 5. The third-order valence-corrected chi connectivity index (χ3v) is 5.21. The van der Waals surface area contributed by atoms with Crippen LogP contribution in [-0.4, -0.2) is 33.4 Å². The van der Waals surface area contributed by atoms with E-state index < -0.39 is 0 Å². The van der Waals surface area contributed by atoms with Gasteiger partial charge in [0.1, 0.15) is 16.6 Å². The molecule has 0 saturated carbocycles. The molecule has 4 rings (SSSR count). The molecule has 1 N–H and O–H groups in total. The van der Waals surface area contributed by atoms with E-state index in [2.05, 4.69) is 15.4 Å². The molecule has 8 heteroatoms. The van der Waals surface area contributed by atoms with Crippen LogP contribution in [0.5, 0.6) is 5.75 Å². The minimum atomic E-state index is -0.295. The number of halogens is 1. The summed E-state index contributed by atoms with van der Waals surface area (Å²) in [5.41, 5.74) is 2.91. The van der Waals surface area contributed by atoms with Crippen LogP contribution >= 0.6 is 11.8 Å². The molecule has 29 heavy (non-hydrogen) atoms. The highest BCUT2D eigenvalue weighted by atomic mass is 32.2. The maximum absolute atomic E-state index is 13.2. The molecule has 0 saturated heterocycles. The Bertz CT molecular complexity index is 1160. The molecule has 2 aromatic carbocycles. The monoisotopic (exact) mass is 408 g/mol. The van der Waals surface area contributed by atoms with Gasteiger partial charge in [0.2, 0.25) is 5.91 Å². The Balaban J connectivity index is 1.50. The van der Waals surface area contributed by atoms with Crippen LogP contribution in [0.2, 0.25) is 0 Å². The number of thioether (sulfide) groups is 1. The molecule has 0 aliphatic rings. The maximum Gasteiger partial charge on any atom is 0.234 e. The van der Waals surface area contributed by atoms with Gasteiger partial charge in [0.15, 0.2) is 0 Å². The minimum absolute atomic E-state index is 0.165. The third kappa shape index (κ3) is 4.22. The van der Waals surface area contributed by atoms with Gasteiger partial charge < -0.3 is 10.1 Å². The van der Waals surface area contributed by atoms with Crippen LogP contribution in [-0.2, 0) is 4.79 Å². The average molecular weight is 408 g/mol. The number of para-hydroxylation sites is 2. The summed E-state index contributed by atoms with van der Waals surface area (Å²) in [5, 5.41) is 8.04. The lowest BCUT2D eigenvalue weighted by Gasteiger charge is -2.09. The quantitative estimate of drug-likeness (QED) is 0.483.